The number of amides is 2. The molecule has 5 rings (SSSR count). The second-order valence-corrected chi connectivity index (χ2v) is 11.2. The summed E-state index contributed by atoms with van der Waals surface area (Å²) in [6.07, 6.45) is 1.94. The van der Waals surface area contributed by atoms with Crippen molar-refractivity contribution in [1.82, 2.24) is 10.2 Å². The zero-order valence-corrected chi connectivity index (χ0v) is 24.5. The average molecular weight is 601 g/mol. The summed E-state index contributed by atoms with van der Waals surface area (Å²) < 4.78 is 24.7. The molecule has 10 heteroatoms. The lowest BCUT2D eigenvalue weighted by Crippen LogP contribution is -2.61. The molecule has 2 amide bonds. The fourth-order valence-electron chi connectivity index (χ4n) is 4.99. The fourth-order valence-corrected chi connectivity index (χ4v) is 5.56. The highest BCUT2D eigenvalue weighted by atomic mass is 35.5. The third-order valence-corrected chi connectivity index (χ3v) is 8.05. The van der Waals surface area contributed by atoms with E-state index in [2.05, 4.69) is 31.3 Å². The average Bonchev–Trinajstić information content (AvgIpc) is 3.78. The van der Waals surface area contributed by atoms with Crippen LogP contribution in [0.15, 0.2) is 54.6 Å². The minimum absolute atomic E-state index is 0.0513. The SMILES string of the molecule is Cc1cccc(CN(C(=O)[C@H]2CNCC(=O)N2c2ccc(OCCOc3c(Cl)cc(F)cc3Cl)cc2)C2CC2)c1C. The van der Waals surface area contributed by atoms with Crippen LogP contribution in [0.1, 0.15) is 29.5 Å². The Balaban J connectivity index is 1.25. The first-order valence-corrected chi connectivity index (χ1v) is 14.4. The van der Waals surface area contributed by atoms with E-state index in [1.54, 1.807) is 29.2 Å². The van der Waals surface area contributed by atoms with Crippen molar-refractivity contribution in [3.05, 3.63) is 87.2 Å². The number of benzene rings is 3. The molecular weight excluding hydrogens is 568 g/mol. The third-order valence-electron chi connectivity index (χ3n) is 7.48. The first-order valence-electron chi connectivity index (χ1n) is 13.6. The third kappa shape index (κ3) is 6.77. The van der Waals surface area contributed by atoms with E-state index in [1.807, 2.05) is 11.0 Å². The summed E-state index contributed by atoms with van der Waals surface area (Å²) >= 11 is 12.0. The molecule has 0 aromatic heterocycles. The van der Waals surface area contributed by atoms with Crippen LogP contribution >= 0.6 is 23.2 Å². The number of hydrogen-bond acceptors (Lipinski definition) is 5. The molecular formula is C31H32Cl2FN3O4. The highest BCUT2D eigenvalue weighted by molar-refractivity contribution is 6.37. The van der Waals surface area contributed by atoms with Gasteiger partial charge in [0.2, 0.25) is 11.8 Å². The smallest absolute Gasteiger partial charge is 0.247 e. The van der Waals surface area contributed by atoms with Gasteiger partial charge in [0, 0.05) is 24.8 Å². The normalized spacial score (nSPS) is 17.0. The number of carbonyl (C=O) groups excluding carboxylic acids is 2. The van der Waals surface area contributed by atoms with Gasteiger partial charge < -0.3 is 19.7 Å². The van der Waals surface area contributed by atoms with Gasteiger partial charge >= 0.3 is 0 Å². The van der Waals surface area contributed by atoms with Gasteiger partial charge in [-0.25, -0.2) is 4.39 Å². The quantitative estimate of drug-likeness (QED) is 0.303. The van der Waals surface area contributed by atoms with Crippen molar-refractivity contribution in [2.75, 3.05) is 31.2 Å². The van der Waals surface area contributed by atoms with Crippen molar-refractivity contribution >= 4 is 40.7 Å². The van der Waals surface area contributed by atoms with Crippen molar-refractivity contribution in [3.63, 3.8) is 0 Å². The van der Waals surface area contributed by atoms with Gasteiger partial charge in [0.25, 0.3) is 0 Å². The minimum atomic E-state index is -0.646. The maximum Gasteiger partial charge on any atom is 0.247 e. The largest absolute Gasteiger partial charge is 0.490 e. The highest BCUT2D eigenvalue weighted by Gasteiger charge is 2.41. The van der Waals surface area contributed by atoms with Crippen LogP contribution in [0.5, 0.6) is 11.5 Å². The molecule has 3 aromatic rings. The Bertz CT molecular complexity index is 1410. The lowest BCUT2D eigenvalue weighted by atomic mass is 10.0. The summed E-state index contributed by atoms with van der Waals surface area (Å²) in [7, 11) is 0. The van der Waals surface area contributed by atoms with Crippen molar-refractivity contribution in [1.29, 1.82) is 0 Å². The van der Waals surface area contributed by atoms with Crippen LogP contribution in [0, 0.1) is 19.7 Å². The number of hydrogen-bond donors (Lipinski definition) is 1. The summed E-state index contributed by atoms with van der Waals surface area (Å²) in [5.41, 5.74) is 4.14. The van der Waals surface area contributed by atoms with Crippen molar-refractivity contribution < 1.29 is 23.5 Å². The van der Waals surface area contributed by atoms with Gasteiger partial charge in [0.15, 0.2) is 5.75 Å². The molecule has 1 N–H and O–H groups in total. The van der Waals surface area contributed by atoms with E-state index in [4.69, 9.17) is 32.7 Å². The van der Waals surface area contributed by atoms with Crippen LogP contribution in [-0.4, -0.2) is 55.1 Å². The maximum atomic E-state index is 13.9. The molecule has 1 heterocycles. The zero-order chi connectivity index (χ0) is 29.1. The highest BCUT2D eigenvalue weighted by Crippen LogP contribution is 2.34. The number of nitrogens with one attached hydrogen (secondary N) is 1. The molecule has 0 bridgehead atoms. The number of nitrogens with zero attached hydrogens (tertiary/aromatic N) is 2. The maximum absolute atomic E-state index is 13.9. The lowest BCUT2D eigenvalue weighted by Gasteiger charge is -2.38. The van der Waals surface area contributed by atoms with Crippen LogP contribution in [0.25, 0.3) is 0 Å². The monoisotopic (exact) mass is 599 g/mol. The summed E-state index contributed by atoms with van der Waals surface area (Å²) in [5.74, 6) is 0.00187. The first-order chi connectivity index (χ1) is 19.7. The lowest BCUT2D eigenvalue weighted by molar-refractivity contribution is -0.136. The predicted octanol–water partition coefficient (Wildman–Crippen LogP) is 5.70. The molecule has 7 nitrogen and oxygen atoms in total. The molecule has 216 valence electrons. The van der Waals surface area contributed by atoms with E-state index in [9.17, 15) is 14.0 Å². The molecule has 1 saturated carbocycles. The second-order valence-electron chi connectivity index (χ2n) is 10.4. The summed E-state index contributed by atoms with van der Waals surface area (Å²) in [5, 5.41) is 3.28. The minimum Gasteiger partial charge on any atom is -0.490 e. The molecule has 1 saturated heterocycles. The number of aryl methyl sites for hydroxylation is 1. The fraction of sp³-hybridized carbons (Fsp3) is 0.355. The van der Waals surface area contributed by atoms with Gasteiger partial charge in [-0.05, 0) is 79.8 Å². The van der Waals surface area contributed by atoms with Gasteiger partial charge in [-0.15, -0.1) is 0 Å². The van der Waals surface area contributed by atoms with Gasteiger partial charge in [0.1, 0.15) is 30.8 Å². The molecule has 3 aromatic carbocycles. The van der Waals surface area contributed by atoms with Crippen molar-refractivity contribution in [3.8, 4) is 11.5 Å². The molecule has 0 radical (unpaired) electrons. The molecule has 0 unspecified atom stereocenters. The molecule has 2 fully saturated rings. The van der Waals surface area contributed by atoms with E-state index in [1.165, 1.54) is 11.1 Å². The van der Waals surface area contributed by atoms with Crippen LogP contribution in [-0.2, 0) is 16.1 Å². The topological polar surface area (TPSA) is 71.1 Å². The summed E-state index contributed by atoms with van der Waals surface area (Å²) in [6, 6.07) is 15.0. The zero-order valence-electron chi connectivity index (χ0n) is 23.0. The molecule has 2 aliphatic rings. The van der Waals surface area contributed by atoms with Gasteiger partial charge in [-0.3, -0.25) is 14.5 Å². The molecule has 41 heavy (non-hydrogen) atoms. The molecule has 0 spiro atoms. The number of rotatable bonds is 10. The molecule has 1 atom stereocenters. The Morgan fingerprint density at radius 2 is 1.73 bits per heavy atom. The van der Waals surface area contributed by atoms with Gasteiger partial charge in [-0.1, -0.05) is 41.4 Å². The summed E-state index contributed by atoms with van der Waals surface area (Å²) in [6.45, 7) is 5.55. The Labute approximate surface area is 249 Å². The van der Waals surface area contributed by atoms with Gasteiger partial charge in [0.05, 0.1) is 16.6 Å². The van der Waals surface area contributed by atoms with Crippen LogP contribution < -0.4 is 19.7 Å². The van der Waals surface area contributed by atoms with E-state index in [-0.39, 0.29) is 53.4 Å². The standard InChI is InChI=1S/C31H32Cl2FN3O4/c1-19-4-3-5-21(20(19)2)18-36(23-6-7-23)31(39)28-16-35-17-29(38)37(28)24-8-10-25(11-9-24)40-12-13-41-30-26(32)14-22(34)15-27(30)33/h3-5,8-11,14-15,23,28,35H,6-7,12-13,16-18H2,1-2H3/t28-/m1/s1. The van der Waals surface area contributed by atoms with E-state index in [0.29, 0.717) is 24.5 Å². The van der Waals surface area contributed by atoms with Crippen LogP contribution in [0.3, 0.4) is 0 Å². The van der Waals surface area contributed by atoms with Crippen LogP contribution in [0.4, 0.5) is 10.1 Å². The summed E-state index contributed by atoms with van der Waals surface area (Å²) in [4.78, 5) is 30.6. The Kier molecular flexibility index (Phi) is 9.02. The molecule has 1 aliphatic carbocycles. The first kappa shape index (κ1) is 29.2. The number of piperazine rings is 1. The van der Waals surface area contributed by atoms with Crippen molar-refractivity contribution in [2.24, 2.45) is 0 Å². The van der Waals surface area contributed by atoms with Gasteiger partial charge in [-0.2, -0.15) is 0 Å². The number of carbonyl (C=O) groups is 2. The van der Waals surface area contributed by atoms with E-state index in [0.717, 1.165) is 30.5 Å². The second kappa shape index (κ2) is 12.7. The van der Waals surface area contributed by atoms with E-state index >= 15 is 0 Å². The Morgan fingerprint density at radius 3 is 2.41 bits per heavy atom. The number of ether oxygens (including phenoxy) is 2. The predicted molar refractivity (Wildman–Crippen MR) is 157 cm³/mol. The Hall–Kier alpha value is -3.33. The molecule has 1 aliphatic heterocycles. The van der Waals surface area contributed by atoms with Crippen molar-refractivity contribution in [2.45, 2.75) is 45.3 Å². The number of anilines is 1. The van der Waals surface area contributed by atoms with Crippen LogP contribution in [0.2, 0.25) is 10.0 Å². The Morgan fingerprint density at radius 1 is 1.05 bits per heavy atom. The van der Waals surface area contributed by atoms with E-state index < -0.39 is 11.9 Å². The number of halogens is 3.